The Balaban J connectivity index is 2.39. The molecule has 3 heteroatoms. The molecule has 0 aromatic carbocycles. The van der Waals surface area contributed by atoms with Crippen molar-refractivity contribution in [1.29, 1.82) is 0 Å². The van der Waals surface area contributed by atoms with Crippen molar-refractivity contribution in [3.63, 3.8) is 0 Å². The van der Waals surface area contributed by atoms with E-state index in [0.29, 0.717) is 12.2 Å². The average molecular weight is 208 g/mol. The molecule has 1 fully saturated rings. The molecule has 0 N–H and O–H groups in total. The van der Waals surface area contributed by atoms with Crippen molar-refractivity contribution < 1.29 is 14.3 Å². The van der Waals surface area contributed by atoms with Crippen molar-refractivity contribution in [3.05, 3.63) is 11.8 Å². The monoisotopic (exact) mass is 208 g/mol. The molecule has 0 saturated heterocycles. The quantitative estimate of drug-likeness (QED) is 0.514. The van der Waals surface area contributed by atoms with Crippen LogP contribution in [0.15, 0.2) is 11.8 Å². The number of hydrogen-bond donors (Lipinski definition) is 0. The van der Waals surface area contributed by atoms with Gasteiger partial charge >= 0.3 is 0 Å². The highest BCUT2D eigenvalue weighted by molar-refractivity contribution is 6.15. The van der Waals surface area contributed by atoms with Gasteiger partial charge in [0, 0.05) is 0 Å². The lowest BCUT2D eigenvalue weighted by molar-refractivity contribution is -0.134. The molecule has 1 aliphatic heterocycles. The van der Waals surface area contributed by atoms with Gasteiger partial charge in [-0.2, -0.15) is 0 Å². The summed E-state index contributed by atoms with van der Waals surface area (Å²) in [6.45, 7) is 4.13. The average Bonchev–Trinajstić information content (AvgIpc) is 2.57. The van der Waals surface area contributed by atoms with Crippen LogP contribution in [0, 0.1) is 11.3 Å². The second kappa shape index (κ2) is 3.47. The van der Waals surface area contributed by atoms with Crippen LogP contribution in [-0.2, 0) is 14.3 Å². The molecule has 0 amide bonds. The van der Waals surface area contributed by atoms with Gasteiger partial charge in [-0.25, -0.2) is 0 Å². The van der Waals surface area contributed by atoms with Crippen LogP contribution >= 0.6 is 0 Å². The molecule has 1 heterocycles. The molecular weight excluding hydrogens is 192 g/mol. The fraction of sp³-hybridized carbons (Fsp3) is 0.667. The molecule has 0 aromatic rings. The van der Waals surface area contributed by atoms with Crippen LogP contribution in [0.1, 0.15) is 33.1 Å². The van der Waals surface area contributed by atoms with Crippen molar-refractivity contribution >= 4 is 12.1 Å². The second-order valence-electron chi connectivity index (χ2n) is 4.70. The number of rotatable bonds is 2. The summed E-state index contributed by atoms with van der Waals surface area (Å²) in [5.74, 6) is 0.485. The number of allylic oxidation sites excluding steroid dienone is 1. The lowest BCUT2D eigenvalue weighted by atomic mass is 9.73. The van der Waals surface area contributed by atoms with Crippen molar-refractivity contribution in [2.75, 3.05) is 0 Å². The standard InChI is InChI=1S/C12H16O3/c1-3-12-5-8(2)4-10(12)15-7-9(6-13)11(12)14/h6-8,10H,3-5H2,1-2H3. The van der Waals surface area contributed by atoms with Gasteiger partial charge in [-0.3, -0.25) is 9.59 Å². The van der Waals surface area contributed by atoms with Crippen LogP contribution in [-0.4, -0.2) is 18.2 Å². The van der Waals surface area contributed by atoms with E-state index in [0.717, 1.165) is 19.3 Å². The van der Waals surface area contributed by atoms with E-state index in [4.69, 9.17) is 4.74 Å². The minimum absolute atomic E-state index is 0.0133. The number of aldehydes is 1. The Bertz CT molecular complexity index is 332. The van der Waals surface area contributed by atoms with Gasteiger partial charge in [-0.1, -0.05) is 13.8 Å². The van der Waals surface area contributed by atoms with E-state index in [-0.39, 0.29) is 17.5 Å². The van der Waals surface area contributed by atoms with Gasteiger partial charge in [0.1, 0.15) is 6.10 Å². The molecule has 2 aliphatic rings. The molecule has 15 heavy (non-hydrogen) atoms. The molecule has 3 nitrogen and oxygen atoms in total. The minimum Gasteiger partial charge on any atom is -0.496 e. The van der Waals surface area contributed by atoms with E-state index in [2.05, 4.69) is 6.92 Å². The Morgan fingerprint density at radius 3 is 3.00 bits per heavy atom. The third-order valence-electron chi connectivity index (χ3n) is 3.78. The molecular formula is C12H16O3. The zero-order chi connectivity index (χ0) is 11.1. The van der Waals surface area contributed by atoms with Crippen LogP contribution in [0.2, 0.25) is 0 Å². The Morgan fingerprint density at radius 2 is 2.40 bits per heavy atom. The van der Waals surface area contributed by atoms with Crippen molar-refractivity contribution in [3.8, 4) is 0 Å². The number of fused-ring (bicyclic) bond motifs is 1. The Hall–Kier alpha value is -1.12. The maximum Gasteiger partial charge on any atom is 0.179 e. The predicted octanol–water partition coefficient (Wildman–Crippen LogP) is 1.86. The first kappa shape index (κ1) is 10.4. The number of Topliss-reactive ketones (excluding diaryl/α,β-unsaturated/α-hetero) is 1. The second-order valence-corrected chi connectivity index (χ2v) is 4.70. The summed E-state index contributed by atoms with van der Waals surface area (Å²) in [6.07, 6.45) is 4.45. The largest absolute Gasteiger partial charge is 0.496 e. The molecule has 3 atom stereocenters. The van der Waals surface area contributed by atoms with E-state index >= 15 is 0 Å². The van der Waals surface area contributed by atoms with Crippen molar-refractivity contribution in [2.24, 2.45) is 11.3 Å². The van der Waals surface area contributed by atoms with E-state index in [1.54, 1.807) is 0 Å². The first-order valence-corrected chi connectivity index (χ1v) is 5.49. The normalized spacial score (nSPS) is 39.3. The lowest BCUT2D eigenvalue weighted by Gasteiger charge is -2.35. The van der Waals surface area contributed by atoms with Gasteiger partial charge in [0.15, 0.2) is 12.1 Å². The van der Waals surface area contributed by atoms with Crippen molar-refractivity contribution in [1.82, 2.24) is 0 Å². The van der Waals surface area contributed by atoms with Crippen LogP contribution < -0.4 is 0 Å². The Labute approximate surface area is 89.5 Å². The number of ether oxygens (including phenoxy) is 1. The van der Waals surface area contributed by atoms with Gasteiger partial charge in [0.2, 0.25) is 0 Å². The molecule has 0 bridgehead atoms. The Kier molecular flexibility index (Phi) is 2.41. The van der Waals surface area contributed by atoms with Gasteiger partial charge in [-0.05, 0) is 25.2 Å². The van der Waals surface area contributed by atoms with E-state index < -0.39 is 5.41 Å². The van der Waals surface area contributed by atoms with Crippen LogP contribution in [0.5, 0.6) is 0 Å². The topological polar surface area (TPSA) is 43.4 Å². The molecule has 82 valence electrons. The van der Waals surface area contributed by atoms with Crippen LogP contribution in [0.4, 0.5) is 0 Å². The number of carbonyl (C=O) groups is 2. The zero-order valence-corrected chi connectivity index (χ0v) is 9.16. The van der Waals surface area contributed by atoms with Crippen LogP contribution in [0.3, 0.4) is 0 Å². The number of hydrogen-bond acceptors (Lipinski definition) is 3. The highest BCUT2D eigenvalue weighted by Gasteiger charge is 2.53. The van der Waals surface area contributed by atoms with E-state index in [9.17, 15) is 9.59 Å². The van der Waals surface area contributed by atoms with E-state index in [1.165, 1.54) is 6.26 Å². The third-order valence-corrected chi connectivity index (χ3v) is 3.78. The summed E-state index contributed by atoms with van der Waals surface area (Å²) >= 11 is 0. The molecule has 0 spiro atoms. The smallest absolute Gasteiger partial charge is 0.179 e. The van der Waals surface area contributed by atoms with Crippen LogP contribution in [0.25, 0.3) is 0 Å². The first-order chi connectivity index (χ1) is 7.14. The zero-order valence-electron chi connectivity index (χ0n) is 9.16. The summed E-state index contributed by atoms with van der Waals surface area (Å²) in [7, 11) is 0. The number of carbonyl (C=O) groups excluding carboxylic acids is 2. The van der Waals surface area contributed by atoms with Gasteiger partial charge in [-0.15, -0.1) is 0 Å². The fourth-order valence-corrected chi connectivity index (χ4v) is 2.96. The molecule has 1 aliphatic carbocycles. The molecule has 2 rings (SSSR count). The van der Waals surface area contributed by atoms with Gasteiger partial charge in [0.05, 0.1) is 17.3 Å². The van der Waals surface area contributed by atoms with Gasteiger partial charge < -0.3 is 4.74 Å². The van der Waals surface area contributed by atoms with Crippen molar-refractivity contribution in [2.45, 2.75) is 39.2 Å². The fourth-order valence-electron chi connectivity index (χ4n) is 2.96. The highest BCUT2D eigenvalue weighted by Crippen LogP contribution is 2.49. The highest BCUT2D eigenvalue weighted by atomic mass is 16.5. The number of ketones is 1. The minimum atomic E-state index is -0.426. The van der Waals surface area contributed by atoms with Gasteiger partial charge in [0.25, 0.3) is 0 Å². The lowest BCUT2D eigenvalue weighted by Crippen LogP contribution is -2.42. The summed E-state index contributed by atoms with van der Waals surface area (Å²) in [6, 6.07) is 0. The molecule has 1 saturated carbocycles. The maximum absolute atomic E-state index is 12.2. The summed E-state index contributed by atoms with van der Waals surface area (Å²) in [5.41, 5.74) is -0.230. The van der Waals surface area contributed by atoms with E-state index in [1.807, 2.05) is 6.92 Å². The Morgan fingerprint density at radius 1 is 1.67 bits per heavy atom. The summed E-state index contributed by atoms with van der Waals surface area (Å²) < 4.78 is 5.53. The molecule has 0 aromatic heterocycles. The predicted molar refractivity (Wildman–Crippen MR) is 55.1 cm³/mol. The molecule has 0 radical (unpaired) electrons. The molecule has 3 unspecified atom stereocenters. The SMILES string of the molecule is CCC12CC(C)CC1OC=C(C=O)C2=O. The maximum atomic E-state index is 12.2. The summed E-state index contributed by atoms with van der Waals surface area (Å²) in [5, 5.41) is 0. The first-order valence-electron chi connectivity index (χ1n) is 5.49. The summed E-state index contributed by atoms with van der Waals surface area (Å²) in [4.78, 5) is 22.9. The third kappa shape index (κ3) is 1.33.